The Morgan fingerprint density at radius 1 is 1.16 bits per heavy atom. The zero-order chi connectivity index (χ0) is 18.4. The second-order valence-electron chi connectivity index (χ2n) is 5.34. The van der Waals surface area contributed by atoms with E-state index < -0.39 is 23.6 Å². The van der Waals surface area contributed by atoms with Crippen LogP contribution in [0.3, 0.4) is 0 Å². The summed E-state index contributed by atoms with van der Waals surface area (Å²) < 4.78 is 44.7. The third kappa shape index (κ3) is 5.10. The highest BCUT2D eigenvalue weighted by molar-refractivity contribution is 6.02. The van der Waals surface area contributed by atoms with Crippen LogP contribution < -0.4 is 10.6 Å². The molecule has 0 saturated heterocycles. The van der Waals surface area contributed by atoms with Crippen molar-refractivity contribution in [3.63, 3.8) is 0 Å². The van der Waals surface area contributed by atoms with Crippen LogP contribution in [0, 0.1) is 0 Å². The van der Waals surface area contributed by atoms with Crippen molar-refractivity contribution in [1.82, 2.24) is 0 Å². The summed E-state index contributed by atoms with van der Waals surface area (Å²) in [6.45, 7) is 1.88. The Kier molecular flexibility index (Phi) is 5.84. The number of benzene rings is 1. The van der Waals surface area contributed by atoms with Gasteiger partial charge >= 0.3 is 6.18 Å². The number of anilines is 2. The average Bonchev–Trinajstić information content (AvgIpc) is 3.08. The van der Waals surface area contributed by atoms with Crippen LogP contribution in [-0.4, -0.2) is 11.8 Å². The van der Waals surface area contributed by atoms with Gasteiger partial charge in [0.25, 0.3) is 5.91 Å². The lowest BCUT2D eigenvalue weighted by molar-refractivity contribution is -0.136. The summed E-state index contributed by atoms with van der Waals surface area (Å²) in [5.41, 5.74) is -1.43. The fourth-order valence-corrected chi connectivity index (χ4v) is 2.12. The predicted molar refractivity (Wildman–Crippen MR) is 86.3 cm³/mol. The van der Waals surface area contributed by atoms with Gasteiger partial charge in [-0.3, -0.25) is 9.59 Å². The third-order valence-electron chi connectivity index (χ3n) is 3.36. The van der Waals surface area contributed by atoms with Crippen molar-refractivity contribution in [2.24, 2.45) is 0 Å². The molecule has 1 heterocycles. The van der Waals surface area contributed by atoms with E-state index in [4.69, 9.17) is 4.42 Å². The monoisotopic (exact) mass is 354 g/mol. The third-order valence-corrected chi connectivity index (χ3v) is 3.36. The van der Waals surface area contributed by atoms with Gasteiger partial charge in [0.1, 0.15) is 0 Å². The number of hydrogen-bond donors (Lipinski definition) is 2. The first-order valence-electron chi connectivity index (χ1n) is 7.67. The van der Waals surface area contributed by atoms with Gasteiger partial charge in [0.2, 0.25) is 5.91 Å². The molecule has 2 aromatic rings. The molecule has 2 rings (SSSR count). The van der Waals surface area contributed by atoms with Gasteiger partial charge in [-0.1, -0.05) is 13.3 Å². The molecule has 0 atom stereocenters. The Balaban J connectivity index is 2.21. The van der Waals surface area contributed by atoms with Gasteiger partial charge in [0.15, 0.2) is 5.76 Å². The Morgan fingerprint density at radius 2 is 1.92 bits per heavy atom. The lowest BCUT2D eigenvalue weighted by Crippen LogP contribution is -2.17. The zero-order valence-electron chi connectivity index (χ0n) is 13.4. The number of carbonyl (C=O) groups excluding carboxylic acids is 2. The number of unbranched alkanes of at least 4 members (excludes halogenated alkanes) is 1. The van der Waals surface area contributed by atoms with Crippen LogP contribution in [0.5, 0.6) is 0 Å². The maximum absolute atomic E-state index is 13.3. The minimum Gasteiger partial charge on any atom is -0.459 e. The number of hydrogen-bond acceptors (Lipinski definition) is 3. The topological polar surface area (TPSA) is 71.3 Å². The Morgan fingerprint density at radius 3 is 2.52 bits per heavy atom. The maximum Gasteiger partial charge on any atom is 0.418 e. The lowest BCUT2D eigenvalue weighted by atomic mass is 10.1. The molecule has 8 heteroatoms. The summed E-state index contributed by atoms with van der Waals surface area (Å²) >= 11 is 0. The van der Waals surface area contributed by atoms with Crippen LogP contribution in [0.2, 0.25) is 0 Å². The van der Waals surface area contributed by atoms with Gasteiger partial charge in [0.05, 0.1) is 17.5 Å². The fourth-order valence-electron chi connectivity index (χ4n) is 2.12. The SMILES string of the molecule is CCCCC(=O)Nc1ccc(NC(=O)c2ccco2)cc1C(F)(F)F. The first-order chi connectivity index (χ1) is 11.8. The summed E-state index contributed by atoms with van der Waals surface area (Å²) in [6, 6.07) is 6.06. The fraction of sp³-hybridized carbons (Fsp3) is 0.294. The van der Waals surface area contributed by atoms with Gasteiger partial charge in [-0.05, 0) is 36.8 Å². The van der Waals surface area contributed by atoms with Crippen LogP contribution in [0.15, 0.2) is 41.0 Å². The average molecular weight is 354 g/mol. The Bertz CT molecular complexity index is 740. The van der Waals surface area contributed by atoms with Crippen molar-refractivity contribution in [3.8, 4) is 0 Å². The van der Waals surface area contributed by atoms with E-state index in [1.807, 2.05) is 6.92 Å². The number of nitrogens with one attached hydrogen (secondary N) is 2. The number of amides is 2. The number of rotatable bonds is 6. The summed E-state index contributed by atoms with van der Waals surface area (Å²) in [5, 5.41) is 4.60. The molecular formula is C17H17F3N2O3. The molecule has 0 aliphatic carbocycles. The maximum atomic E-state index is 13.3. The van der Waals surface area contributed by atoms with E-state index in [1.165, 1.54) is 24.5 Å². The molecule has 134 valence electrons. The van der Waals surface area contributed by atoms with Crippen LogP contribution in [0.1, 0.15) is 42.3 Å². The zero-order valence-corrected chi connectivity index (χ0v) is 13.4. The molecule has 1 aromatic carbocycles. The normalized spacial score (nSPS) is 11.2. The summed E-state index contributed by atoms with van der Waals surface area (Å²) in [6.07, 6.45) is -1.91. The number of alkyl halides is 3. The molecule has 0 radical (unpaired) electrons. The minimum absolute atomic E-state index is 0.0227. The number of halogens is 3. The molecule has 1 aromatic heterocycles. The minimum atomic E-state index is -4.68. The van der Waals surface area contributed by atoms with Gasteiger partial charge < -0.3 is 15.1 Å². The highest BCUT2D eigenvalue weighted by atomic mass is 19.4. The van der Waals surface area contributed by atoms with E-state index in [0.717, 1.165) is 18.6 Å². The van der Waals surface area contributed by atoms with Crippen molar-refractivity contribution in [2.75, 3.05) is 10.6 Å². The van der Waals surface area contributed by atoms with E-state index in [-0.39, 0.29) is 23.6 Å². The van der Waals surface area contributed by atoms with E-state index in [1.54, 1.807) is 0 Å². The molecule has 0 saturated carbocycles. The van der Waals surface area contributed by atoms with Crippen molar-refractivity contribution in [1.29, 1.82) is 0 Å². The van der Waals surface area contributed by atoms with Crippen molar-refractivity contribution in [3.05, 3.63) is 47.9 Å². The molecule has 0 bridgehead atoms. The van der Waals surface area contributed by atoms with E-state index in [0.29, 0.717) is 6.42 Å². The molecule has 0 fully saturated rings. The standard InChI is InChI=1S/C17H17F3N2O3/c1-2-3-6-15(23)22-13-8-7-11(10-12(13)17(18,19)20)21-16(24)14-5-4-9-25-14/h4-5,7-10H,2-3,6H2,1H3,(H,21,24)(H,22,23). The van der Waals surface area contributed by atoms with Gasteiger partial charge in [-0.25, -0.2) is 0 Å². The first-order valence-corrected chi connectivity index (χ1v) is 7.67. The van der Waals surface area contributed by atoms with Crippen LogP contribution in [0.4, 0.5) is 24.5 Å². The summed E-state index contributed by atoms with van der Waals surface area (Å²) in [7, 11) is 0. The number of furan rings is 1. The quantitative estimate of drug-likeness (QED) is 0.791. The van der Waals surface area contributed by atoms with Crippen molar-refractivity contribution < 1.29 is 27.2 Å². The molecule has 0 aliphatic heterocycles. The highest BCUT2D eigenvalue weighted by Gasteiger charge is 2.34. The molecule has 5 nitrogen and oxygen atoms in total. The van der Waals surface area contributed by atoms with Crippen LogP contribution in [0.25, 0.3) is 0 Å². The first kappa shape index (κ1) is 18.6. The van der Waals surface area contributed by atoms with E-state index >= 15 is 0 Å². The molecule has 2 N–H and O–H groups in total. The molecular weight excluding hydrogens is 337 g/mol. The predicted octanol–water partition coefficient (Wildman–Crippen LogP) is 4.68. The smallest absolute Gasteiger partial charge is 0.418 e. The van der Waals surface area contributed by atoms with Gasteiger partial charge in [-0.2, -0.15) is 13.2 Å². The largest absolute Gasteiger partial charge is 0.459 e. The number of carbonyl (C=O) groups is 2. The molecule has 2 amide bonds. The van der Waals surface area contributed by atoms with Gasteiger partial charge in [-0.15, -0.1) is 0 Å². The molecule has 0 unspecified atom stereocenters. The lowest BCUT2D eigenvalue weighted by Gasteiger charge is -2.15. The highest BCUT2D eigenvalue weighted by Crippen LogP contribution is 2.36. The molecule has 0 spiro atoms. The summed E-state index contributed by atoms with van der Waals surface area (Å²) in [4.78, 5) is 23.6. The second-order valence-corrected chi connectivity index (χ2v) is 5.34. The second kappa shape index (κ2) is 7.87. The Hall–Kier alpha value is -2.77. The molecule has 25 heavy (non-hydrogen) atoms. The van der Waals surface area contributed by atoms with Crippen LogP contribution in [-0.2, 0) is 11.0 Å². The summed E-state index contributed by atoms with van der Waals surface area (Å²) in [5.74, 6) is -1.18. The molecule has 0 aliphatic rings. The van der Waals surface area contributed by atoms with Crippen molar-refractivity contribution in [2.45, 2.75) is 32.4 Å². The van der Waals surface area contributed by atoms with E-state index in [9.17, 15) is 22.8 Å². The van der Waals surface area contributed by atoms with Crippen LogP contribution >= 0.6 is 0 Å². The Labute approximate surface area is 142 Å². The van der Waals surface area contributed by atoms with Gasteiger partial charge in [0, 0.05) is 12.1 Å². The van der Waals surface area contributed by atoms with E-state index in [2.05, 4.69) is 10.6 Å². The van der Waals surface area contributed by atoms with Crippen molar-refractivity contribution >= 4 is 23.2 Å².